The fourth-order valence-corrected chi connectivity index (χ4v) is 4.77. The van der Waals surface area contributed by atoms with Gasteiger partial charge in [0.15, 0.2) is 0 Å². The van der Waals surface area contributed by atoms with Crippen molar-refractivity contribution in [1.82, 2.24) is 4.90 Å². The van der Waals surface area contributed by atoms with Gasteiger partial charge in [0.25, 0.3) is 10.1 Å². The third kappa shape index (κ3) is 5.70. The second-order valence-electron chi connectivity index (χ2n) is 7.06. The molecule has 0 aromatic heterocycles. The summed E-state index contributed by atoms with van der Waals surface area (Å²) in [5, 5.41) is 0.764. The maximum absolute atomic E-state index is 12.3. The molecule has 0 bridgehead atoms. The van der Waals surface area contributed by atoms with E-state index in [0.717, 1.165) is 50.6 Å². The minimum Gasteiger partial charge on any atom is -0.369 e. The van der Waals surface area contributed by atoms with Crippen molar-refractivity contribution in [2.24, 2.45) is 0 Å². The Morgan fingerprint density at radius 3 is 2.46 bits per heavy atom. The Balaban J connectivity index is 1.36. The summed E-state index contributed by atoms with van der Waals surface area (Å²) >= 11 is 6.08. The molecule has 5 nitrogen and oxygen atoms in total. The smallest absolute Gasteiger partial charge is 0.297 e. The molecule has 2 aromatic carbocycles. The Bertz CT molecular complexity index is 881. The van der Waals surface area contributed by atoms with E-state index in [0.29, 0.717) is 5.56 Å². The summed E-state index contributed by atoms with van der Waals surface area (Å²) in [5.74, 6) is 0. The van der Waals surface area contributed by atoms with Gasteiger partial charge in [-0.15, -0.1) is 0 Å². The summed E-state index contributed by atoms with van der Waals surface area (Å²) in [6.07, 6.45) is 1.64. The van der Waals surface area contributed by atoms with E-state index >= 15 is 0 Å². The van der Waals surface area contributed by atoms with Gasteiger partial charge in [-0.05, 0) is 56.1 Å². The van der Waals surface area contributed by atoms with Crippen LogP contribution in [0.25, 0.3) is 0 Å². The fraction of sp³-hybridized carbons (Fsp3) is 0.429. The number of hydrogen-bond donors (Lipinski definition) is 0. The highest BCUT2D eigenvalue weighted by Gasteiger charge is 2.18. The van der Waals surface area contributed by atoms with Gasteiger partial charge in [0.05, 0.1) is 11.5 Å². The van der Waals surface area contributed by atoms with E-state index in [-0.39, 0.29) is 11.5 Å². The summed E-state index contributed by atoms with van der Waals surface area (Å²) in [4.78, 5) is 5.02. The van der Waals surface area contributed by atoms with Crippen molar-refractivity contribution < 1.29 is 12.6 Å². The maximum atomic E-state index is 12.3. The molecule has 1 heterocycles. The van der Waals surface area contributed by atoms with Crippen molar-refractivity contribution in [1.29, 1.82) is 0 Å². The minimum atomic E-state index is -3.67. The monoisotopic (exact) mass is 422 g/mol. The first-order valence-corrected chi connectivity index (χ1v) is 11.4. The number of halogens is 1. The van der Waals surface area contributed by atoms with Gasteiger partial charge in [0, 0.05) is 36.9 Å². The highest BCUT2D eigenvalue weighted by Crippen LogP contribution is 2.21. The van der Waals surface area contributed by atoms with Gasteiger partial charge in [-0.3, -0.25) is 9.08 Å². The highest BCUT2D eigenvalue weighted by molar-refractivity contribution is 7.86. The molecule has 1 aliphatic heterocycles. The molecule has 0 saturated carbocycles. The van der Waals surface area contributed by atoms with Gasteiger partial charge in [-0.1, -0.05) is 35.9 Å². The predicted molar refractivity (Wildman–Crippen MR) is 114 cm³/mol. The highest BCUT2D eigenvalue weighted by atomic mass is 35.5. The lowest BCUT2D eigenvalue weighted by atomic mass is 10.2. The zero-order valence-corrected chi connectivity index (χ0v) is 17.8. The van der Waals surface area contributed by atoms with Crippen molar-refractivity contribution in [3.8, 4) is 0 Å². The Hall–Kier alpha value is -1.60. The normalized spacial score (nSPS) is 15.7. The average Bonchev–Trinajstić information content (AvgIpc) is 2.68. The first-order valence-electron chi connectivity index (χ1n) is 9.64. The summed E-state index contributed by atoms with van der Waals surface area (Å²) in [5.41, 5.74) is 1.88. The van der Waals surface area contributed by atoms with Crippen LogP contribution in [0.2, 0.25) is 5.02 Å². The zero-order valence-electron chi connectivity index (χ0n) is 16.2. The first-order chi connectivity index (χ1) is 13.5. The lowest BCUT2D eigenvalue weighted by Gasteiger charge is -2.36. The molecule has 2 aromatic rings. The van der Waals surface area contributed by atoms with E-state index in [1.165, 1.54) is 5.69 Å². The maximum Gasteiger partial charge on any atom is 0.297 e. The van der Waals surface area contributed by atoms with Crippen LogP contribution in [0.15, 0.2) is 53.4 Å². The van der Waals surface area contributed by atoms with Crippen molar-refractivity contribution in [3.05, 3.63) is 59.1 Å². The molecule has 0 atom stereocenters. The minimum absolute atomic E-state index is 0.221. The van der Waals surface area contributed by atoms with Crippen molar-refractivity contribution in [2.75, 3.05) is 44.2 Å². The second-order valence-corrected chi connectivity index (χ2v) is 9.08. The zero-order chi connectivity index (χ0) is 20.0. The molecule has 1 aliphatic rings. The molecule has 1 saturated heterocycles. The third-order valence-electron chi connectivity index (χ3n) is 5.02. The van der Waals surface area contributed by atoms with Gasteiger partial charge in [-0.2, -0.15) is 8.42 Å². The summed E-state index contributed by atoms with van der Waals surface area (Å²) in [7, 11) is -3.67. The number of piperazine rings is 1. The molecule has 0 aliphatic carbocycles. The van der Waals surface area contributed by atoms with Crippen LogP contribution in [0.3, 0.4) is 0 Å². The number of anilines is 1. The van der Waals surface area contributed by atoms with Gasteiger partial charge < -0.3 is 4.90 Å². The van der Waals surface area contributed by atoms with Crippen molar-refractivity contribution in [3.63, 3.8) is 0 Å². The molecule has 152 valence electrons. The van der Waals surface area contributed by atoms with Gasteiger partial charge in [0.1, 0.15) is 0 Å². The van der Waals surface area contributed by atoms with E-state index in [1.54, 1.807) is 25.1 Å². The molecule has 28 heavy (non-hydrogen) atoms. The van der Waals surface area contributed by atoms with E-state index in [9.17, 15) is 8.42 Å². The lowest BCUT2D eigenvalue weighted by molar-refractivity contribution is 0.240. The standard InChI is InChI=1S/C21H27ClN2O3S/c1-18-7-2-3-10-21(18)28(25,26)27-16-5-4-11-23-12-14-24(15-13-23)20-9-6-8-19(22)17-20/h2-3,6-10,17H,4-5,11-16H2,1H3. The van der Waals surface area contributed by atoms with E-state index < -0.39 is 10.1 Å². The number of hydrogen-bond acceptors (Lipinski definition) is 5. The van der Waals surface area contributed by atoms with Crippen LogP contribution in [0.4, 0.5) is 5.69 Å². The molecule has 0 spiro atoms. The third-order valence-corrected chi connectivity index (χ3v) is 6.72. The Kier molecular flexibility index (Phi) is 7.35. The summed E-state index contributed by atoms with van der Waals surface area (Å²) < 4.78 is 29.7. The van der Waals surface area contributed by atoms with E-state index in [1.807, 2.05) is 24.3 Å². The molecule has 0 amide bonds. The van der Waals surface area contributed by atoms with Gasteiger partial charge in [-0.25, -0.2) is 0 Å². The summed E-state index contributed by atoms with van der Waals surface area (Å²) in [6, 6.07) is 14.9. The predicted octanol–water partition coefficient (Wildman–Crippen LogP) is 3.96. The average molecular weight is 423 g/mol. The van der Waals surface area contributed by atoms with E-state index in [2.05, 4.69) is 15.9 Å². The summed E-state index contributed by atoms with van der Waals surface area (Å²) in [6.45, 7) is 6.89. The topological polar surface area (TPSA) is 49.9 Å². The van der Waals surface area contributed by atoms with Crippen LogP contribution < -0.4 is 4.90 Å². The Morgan fingerprint density at radius 1 is 1.00 bits per heavy atom. The fourth-order valence-electron chi connectivity index (χ4n) is 3.41. The van der Waals surface area contributed by atoms with Crippen LogP contribution in [-0.2, 0) is 14.3 Å². The number of unbranched alkanes of at least 4 members (excludes halogenated alkanes) is 1. The lowest BCUT2D eigenvalue weighted by Crippen LogP contribution is -2.46. The molecule has 1 fully saturated rings. The Morgan fingerprint density at radius 2 is 1.75 bits per heavy atom. The number of aryl methyl sites for hydroxylation is 1. The van der Waals surface area contributed by atoms with Gasteiger partial charge in [0.2, 0.25) is 0 Å². The molecule has 7 heteroatoms. The quantitative estimate of drug-likeness (QED) is 0.476. The number of nitrogens with zero attached hydrogens (tertiary/aromatic N) is 2. The Labute approximate surface area is 173 Å². The number of rotatable bonds is 8. The molecule has 3 rings (SSSR count). The molecule has 0 radical (unpaired) electrons. The molecular weight excluding hydrogens is 396 g/mol. The van der Waals surface area contributed by atoms with Crippen LogP contribution in [0.5, 0.6) is 0 Å². The molecule has 0 unspecified atom stereocenters. The number of benzene rings is 2. The SMILES string of the molecule is Cc1ccccc1S(=O)(=O)OCCCCN1CCN(c2cccc(Cl)c2)CC1. The van der Waals surface area contributed by atoms with Crippen LogP contribution in [0.1, 0.15) is 18.4 Å². The first kappa shape index (κ1) is 21.1. The van der Waals surface area contributed by atoms with Crippen LogP contribution >= 0.6 is 11.6 Å². The van der Waals surface area contributed by atoms with Crippen LogP contribution in [-0.4, -0.2) is 52.6 Å². The van der Waals surface area contributed by atoms with Crippen molar-refractivity contribution >= 4 is 27.4 Å². The molecular formula is C21H27ClN2O3S. The largest absolute Gasteiger partial charge is 0.369 e. The molecule has 0 N–H and O–H groups in total. The van der Waals surface area contributed by atoms with Gasteiger partial charge >= 0.3 is 0 Å². The van der Waals surface area contributed by atoms with Crippen molar-refractivity contribution in [2.45, 2.75) is 24.7 Å². The second kappa shape index (κ2) is 9.74. The van der Waals surface area contributed by atoms with E-state index in [4.69, 9.17) is 15.8 Å². The van der Waals surface area contributed by atoms with Crippen LogP contribution in [0, 0.1) is 6.92 Å².